The van der Waals surface area contributed by atoms with Gasteiger partial charge in [-0.2, -0.15) is 0 Å². The van der Waals surface area contributed by atoms with Gasteiger partial charge in [-0.05, 0) is 44.9 Å². The zero-order chi connectivity index (χ0) is 17.9. The van der Waals surface area contributed by atoms with Gasteiger partial charge in [0.2, 0.25) is 0 Å². The van der Waals surface area contributed by atoms with E-state index in [0.717, 1.165) is 36.9 Å². The van der Waals surface area contributed by atoms with Crippen molar-refractivity contribution >= 4 is 51.1 Å². The second kappa shape index (κ2) is 9.68. The van der Waals surface area contributed by atoms with E-state index in [2.05, 4.69) is 15.2 Å². The molecule has 2 heterocycles. The predicted octanol–water partition coefficient (Wildman–Crippen LogP) is 2.47. The minimum absolute atomic E-state index is 0. The SMILES string of the molecule is CCNC(=NCC1CCS(=O)(=O)C1)N(C)Cc1nc2c(s1)CCCC2.I. The summed E-state index contributed by atoms with van der Waals surface area (Å²) in [6, 6.07) is 0. The molecule has 1 N–H and O–H groups in total. The smallest absolute Gasteiger partial charge is 0.194 e. The van der Waals surface area contributed by atoms with Crippen molar-refractivity contribution in [2.24, 2.45) is 10.9 Å². The van der Waals surface area contributed by atoms with Crippen LogP contribution < -0.4 is 5.32 Å². The van der Waals surface area contributed by atoms with E-state index in [9.17, 15) is 8.42 Å². The number of aryl methyl sites for hydroxylation is 2. The van der Waals surface area contributed by atoms with Crippen molar-refractivity contribution in [2.45, 2.75) is 45.6 Å². The van der Waals surface area contributed by atoms with E-state index >= 15 is 0 Å². The molecule has 1 aliphatic heterocycles. The maximum absolute atomic E-state index is 11.6. The summed E-state index contributed by atoms with van der Waals surface area (Å²) in [5.41, 5.74) is 1.29. The van der Waals surface area contributed by atoms with Crippen LogP contribution in [0.2, 0.25) is 0 Å². The lowest BCUT2D eigenvalue weighted by Gasteiger charge is -2.21. The molecule has 9 heteroatoms. The molecule has 1 fully saturated rings. The Labute approximate surface area is 177 Å². The molecule has 0 aromatic carbocycles. The molecular formula is C17H29IN4O2S2. The lowest BCUT2D eigenvalue weighted by molar-refractivity contribution is 0.470. The van der Waals surface area contributed by atoms with Gasteiger partial charge in [0.05, 0.1) is 23.7 Å². The number of thiazole rings is 1. The van der Waals surface area contributed by atoms with E-state index in [1.165, 1.54) is 29.8 Å². The number of hydrogen-bond acceptors (Lipinski definition) is 5. The van der Waals surface area contributed by atoms with E-state index in [1.54, 1.807) is 0 Å². The Bertz CT molecular complexity index is 710. The van der Waals surface area contributed by atoms with Gasteiger partial charge in [-0.15, -0.1) is 35.3 Å². The van der Waals surface area contributed by atoms with Gasteiger partial charge in [0, 0.05) is 25.0 Å². The van der Waals surface area contributed by atoms with Gasteiger partial charge in [0.25, 0.3) is 0 Å². The van der Waals surface area contributed by atoms with Gasteiger partial charge in [-0.1, -0.05) is 0 Å². The Hall–Kier alpha value is -0.420. The Morgan fingerprint density at radius 3 is 2.81 bits per heavy atom. The first kappa shape index (κ1) is 21.9. The minimum Gasteiger partial charge on any atom is -0.357 e. The molecule has 2 aliphatic rings. The summed E-state index contributed by atoms with van der Waals surface area (Å²) in [5, 5.41) is 4.45. The average molecular weight is 512 g/mol. The second-order valence-electron chi connectivity index (χ2n) is 7.00. The summed E-state index contributed by atoms with van der Waals surface area (Å²) in [7, 11) is -0.817. The first-order valence-corrected chi connectivity index (χ1v) is 11.8. The normalized spacial score (nSPS) is 21.8. The van der Waals surface area contributed by atoms with Crippen molar-refractivity contribution in [3.63, 3.8) is 0 Å². The molecule has 1 unspecified atom stereocenters. The molecule has 0 bridgehead atoms. The van der Waals surface area contributed by atoms with Crippen LogP contribution in [0.3, 0.4) is 0 Å². The van der Waals surface area contributed by atoms with Crippen molar-refractivity contribution in [3.8, 4) is 0 Å². The van der Waals surface area contributed by atoms with Crippen LogP contribution in [0.5, 0.6) is 0 Å². The highest BCUT2D eigenvalue weighted by Gasteiger charge is 2.27. The number of nitrogens with one attached hydrogen (secondary N) is 1. The summed E-state index contributed by atoms with van der Waals surface area (Å²) >= 11 is 1.83. The highest BCUT2D eigenvalue weighted by molar-refractivity contribution is 14.0. The molecule has 0 amide bonds. The molecule has 1 saturated heterocycles. The van der Waals surface area contributed by atoms with Gasteiger partial charge in [-0.25, -0.2) is 13.4 Å². The highest BCUT2D eigenvalue weighted by atomic mass is 127. The van der Waals surface area contributed by atoms with E-state index in [4.69, 9.17) is 4.98 Å². The predicted molar refractivity (Wildman–Crippen MR) is 118 cm³/mol. The van der Waals surface area contributed by atoms with Gasteiger partial charge in [-0.3, -0.25) is 4.99 Å². The van der Waals surface area contributed by atoms with Crippen LogP contribution in [-0.2, 0) is 29.2 Å². The number of nitrogens with zero attached hydrogens (tertiary/aromatic N) is 3. The Kier molecular flexibility index (Phi) is 8.14. The third-order valence-corrected chi connectivity index (χ3v) is 7.76. The maximum atomic E-state index is 11.6. The largest absolute Gasteiger partial charge is 0.357 e. The van der Waals surface area contributed by atoms with Crippen molar-refractivity contribution < 1.29 is 8.42 Å². The molecule has 0 saturated carbocycles. The number of sulfone groups is 1. The van der Waals surface area contributed by atoms with Crippen molar-refractivity contribution in [3.05, 3.63) is 15.6 Å². The van der Waals surface area contributed by atoms with E-state index in [1.807, 2.05) is 25.3 Å². The third-order valence-electron chi connectivity index (χ3n) is 4.78. The molecule has 1 aromatic rings. The number of fused-ring (bicyclic) bond motifs is 1. The van der Waals surface area contributed by atoms with Crippen LogP contribution in [0.1, 0.15) is 41.8 Å². The van der Waals surface area contributed by atoms with Gasteiger partial charge < -0.3 is 10.2 Å². The molecule has 1 aliphatic carbocycles. The Morgan fingerprint density at radius 2 is 2.15 bits per heavy atom. The van der Waals surface area contributed by atoms with E-state index in [-0.39, 0.29) is 35.6 Å². The number of guanidine groups is 1. The fourth-order valence-electron chi connectivity index (χ4n) is 3.45. The lowest BCUT2D eigenvalue weighted by atomic mass is 10.0. The summed E-state index contributed by atoms with van der Waals surface area (Å²) in [6.07, 6.45) is 5.54. The fraction of sp³-hybridized carbons (Fsp3) is 0.765. The summed E-state index contributed by atoms with van der Waals surface area (Å²) < 4.78 is 23.2. The van der Waals surface area contributed by atoms with E-state index in [0.29, 0.717) is 12.3 Å². The van der Waals surface area contributed by atoms with Gasteiger partial charge in [0.1, 0.15) is 5.01 Å². The monoisotopic (exact) mass is 512 g/mol. The van der Waals surface area contributed by atoms with Crippen LogP contribution in [0.25, 0.3) is 0 Å². The molecule has 1 atom stereocenters. The summed E-state index contributed by atoms with van der Waals surface area (Å²) in [6.45, 7) is 4.15. The second-order valence-corrected chi connectivity index (χ2v) is 10.4. The van der Waals surface area contributed by atoms with Crippen LogP contribution in [0.4, 0.5) is 0 Å². The number of rotatable bonds is 5. The molecule has 0 radical (unpaired) electrons. The van der Waals surface area contributed by atoms with Gasteiger partial charge in [0.15, 0.2) is 15.8 Å². The van der Waals surface area contributed by atoms with Crippen molar-refractivity contribution in [2.75, 3.05) is 31.6 Å². The maximum Gasteiger partial charge on any atom is 0.194 e. The number of hydrogen-bond donors (Lipinski definition) is 1. The quantitative estimate of drug-likeness (QED) is 0.373. The molecular weight excluding hydrogens is 483 g/mol. The Balaban J connectivity index is 0.00000243. The molecule has 148 valence electrons. The Morgan fingerprint density at radius 1 is 1.38 bits per heavy atom. The zero-order valence-corrected chi connectivity index (χ0v) is 19.5. The van der Waals surface area contributed by atoms with Crippen molar-refractivity contribution in [1.82, 2.24) is 15.2 Å². The minimum atomic E-state index is -2.84. The summed E-state index contributed by atoms with van der Waals surface area (Å²) in [5.74, 6) is 1.57. The lowest BCUT2D eigenvalue weighted by Crippen LogP contribution is -2.38. The topological polar surface area (TPSA) is 74.7 Å². The van der Waals surface area contributed by atoms with Crippen molar-refractivity contribution in [1.29, 1.82) is 0 Å². The highest BCUT2D eigenvalue weighted by Crippen LogP contribution is 2.27. The molecule has 1 aromatic heterocycles. The number of aromatic nitrogens is 1. The van der Waals surface area contributed by atoms with Crippen LogP contribution in [0, 0.1) is 5.92 Å². The molecule has 0 spiro atoms. The fourth-order valence-corrected chi connectivity index (χ4v) is 6.51. The van der Waals surface area contributed by atoms with Gasteiger partial charge >= 0.3 is 0 Å². The van der Waals surface area contributed by atoms with E-state index < -0.39 is 9.84 Å². The third kappa shape index (κ3) is 5.79. The molecule has 3 rings (SSSR count). The van der Waals surface area contributed by atoms with Crippen LogP contribution in [0.15, 0.2) is 4.99 Å². The van der Waals surface area contributed by atoms with Crippen LogP contribution in [-0.4, -0.2) is 55.9 Å². The van der Waals surface area contributed by atoms with Crippen LogP contribution >= 0.6 is 35.3 Å². The molecule has 6 nitrogen and oxygen atoms in total. The first-order chi connectivity index (χ1) is 12.0. The molecule has 26 heavy (non-hydrogen) atoms. The average Bonchev–Trinajstić information content (AvgIpc) is 3.13. The zero-order valence-electron chi connectivity index (χ0n) is 15.5. The number of halogens is 1. The first-order valence-electron chi connectivity index (χ1n) is 9.14. The number of aliphatic imine (C=N–C) groups is 1. The standard InChI is InChI=1S/C17H28N4O2S2.HI/c1-3-18-17(19-10-13-8-9-25(22,23)12-13)21(2)11-16-20-14-6-4-5-7-15(14)24-16;/h13H,3-12H2,1-2H3,(H,18,19);1H. The summed E-state index contributed by atoms with van der Waals surface area (Å²) in [4.78, 5) is 13.0.